The van der Waals surface area contributed by atoms with Crippen LogP contribution < -0.4 is 5.32 Å². The lowest BCUT2D eigenvalue weighted by Crippen LogP contribution is -2.39. The first kappa shape index (κ1) is 15.3. The van der Waals surface area contributed by atoms with Crippen LogP contribution in [-0.2, 0) is 0 Å². The van der Waals surface area contributed by atoms with Gasteiger partial charge in [-0.15, -0.1) is 11.8 Å². The van der Waals surface area contributed by atoms with E-state index in [4.69, 9.17) is 0 Å². The average Bonchev–Trinajstić information content (AvgIpc) is 2.85. The van der Waals surface area contributed by atoms with Crippen molar-refractivity contribution in [2.24, 2.45) is 0 Å². The Morgan fingerprint density at radius 3 is 2.86 bits per heavy atom. The van der Waals surface area contributed by atoms with Crippen molar-refractivity contribution in [2.45, 2.75) is 36.2 Å². The van der Waals surface area contributed by atoms with Gasteiger partial charge in [-0.25, -0.2) is 0 Å². The number of fused-ring (bicyclic) bond motifs is 2. The Labute approximate surface area is 133 Å². The van der Waals surface area contributed by atoms with Crippen LogP contribution >= 0.6 is 11.8 Å². The second-order valence-corrected chi connectivity index (χ2v) is 6.70. The van der Waals surface area contributed by atoms with Gasteiger partial charge >= 0.3 is 0 Å². The molecular formula is C15H19N3O3S. The SMILES string of the molecule is CSc1ccc([N+](=O)[O-])c(C(=O)N2CCC3CCC(C2)N3)c1. The second-order valence-electron chi connectivity index (χ2n) is 5.82. The van der Waals surface area contributed by atoms with Crippen molar-refractivity contribution in [2.75, 3.05) is 19.3 Å². The van der Waals surface area contributed by atoms with Gasteiger partial charge in [0, 0.05) is 36.1 Å². The van der Waals surface area contributed by atoms with Gasteiger partial charge in [0.1, 0.15) is 5.56 Å². The first-order valence-corrected chi connectivity index (χ1v) is 8.68. The fourth-order valence-corrected chi connectivity index (χ4v) is 3.71. The van der Waals surface area contributed by atoms with Crippen LogP contribution in [-0.4, -0.2) is 47.2 Å². The first-order chi connectivity index (χ1) is 10.6. The van der Waals surface area contributed by atoms with E-state index in [9.17, 15) is 14.9 Å². The zero-order valence-electron chi connectivity index (χ0n) is 12.4. The van der Waals surface area contributed by atoms with Gasteiger partial charge in [-0.3, -0.25) is 14.9 Å². The highest BCUT2D eigenvalue weighted by Crippen LogP contribution is 2.28. The molecule has 0 radical (unpaired) electrons. The summed E-state index contributed by atoms with van der Waals surface area (Å²) in [6, 6.07) is 5.56. The topological polar surface area (TPSA) is 75.5 Å². The van der Waals surface area contributed by atoms with Gasteiger partial charge in [0.25, 0.3) is 11.6 Å². The van der Waals surface area contributed by atoms with E-state index in [1.54, 1.807) is 17.0 Å². The van der Waals surface area contributed by atoms with Crippen molar-refractivity contribution in [3.8, 4) is 0 Å². The van der Waals surface area contributed by atoms with Gasteiger partial charge < -0.3 is 10.2 Å². The van der Waals surface area contributed by atoms with Crippen molar-refractivity contribution >= 4 is 23.4 Å². The summed E-state index contributed by atoms with van der Waals surface area (Å²) in [5.41, 5.74) is 0.0970. The van der Waals surface area contributed by atoms with E-state index >= 15 is 0 Å². The molecule has 1 amide bonds. The number of hydrogen-bond acceptors (Lipinski definition) is 5. The van der Waals surface area contributed by atoms with Gasteiger partial charge in [0.2, 0.25) is 0 Å². The van der Waals surface area contributed by atoms with Crippen LogP contribution in [0.4, 0.5) is 5.69 Å². The Morgan fingerprint density at radius 2 is 2.14 bits per heavy atom. The first-order valence-electron chi connectivity index (χ1n) is 7.46. The molecule has 7 heteroatoms. The van der Waals surface area contributed by atoms with Gasteiger partial charge in [0.05, 0.1) is 4.92 Å². The molecular weight excluding hydrogens is 302 g/mol. The molecule has 22 heavy (non-hydrogen) atoms. The number of thioether (sulfide) groups is 1. The summed E-state index contributed by atoms with van der Waals surface area (Å²) in [5.74, 6) is -0.225. The van der Waals surface area contributed by atoms with E-state index in [1.807, 2.05) is 6.26 Å². The highest BCUT2D eigenvalue weighted by atomic mass is 32.2. The summed E-state index contributed by atoms with van der Waals surface area (Å²) in [7, 11) is 0. The molecule has 1 aromatic rings. The molecule has 3 rings (SSSR count). The number of nitro groups is 1. The number of carbonyl (C=O) groups excluding carboxylic acids is 1. The number of amides is 1. The van der Waals surface area contributed by atoms with Crippen molar-refractivity contribution in [1.82, 2.24) is 10.2 Å². The number of likely N-dealkylation sites (tertiary alicyclic amines) is 1. The summed E-state index contributed by atoms with van der Waals surface area (Å²) in [4.78, 5) is 26.2. The average molecular weight is 321 g/mol. The molecule has 0 saturated carbocycles. The van der Waals surface area contributed by atoms with Crippen molar-refractivity contribution in [3.63, 3.8) is 0 Å². The molecule has 0 aliphatic carbocycles. The summed E-state index contributed by atoms with van der Waals surface area (Å²) in [6.45, 7) is 1.30. The molecule has 0 aromatic heterocycles. The normalized spacial score (nSPS) is 24.1. The maximum Gasteiger partial charge on any atom is 0.282 e. The number of nitro benzene ring substituents is 1. The number of nitrogens with zero attached hydrogens (tertiary/aromatic N) is 2. The molecule has 2 atom stereocenters. The van der Waals surface area contributed by atoms with Gasteiger partial charge in [-0.1, -0.05) is 0 Å². The summed E-state index contributed by atoms with van der Waals surface area (Å²) in [6.07, 6.45) is 5.04. The van der Waals surface area contributed by atoms with Gasteiger partial charge in [0.15, 0.2) is 0 Å². The molecule has 118 valence electrons. The molecule has 0 spiro atoms. The van der Waals surface area contributed by atoms with Crippen LogP contribution in [0.25, 0.3) is 0 Å². The van der Waals surface area contributed by atoms with E-state index in [1.165, 1.54) is 17.8 Å². The zero-order chi connectivity index (χ0) is 15.7. The lowest BCUT2D eigenvalue weighted by atomic mass is 10.1. The highest BCUT2D eigenvalue weighted by molar-refractivity contribution is 7.98. The fourth-order valence-electron chi connectivity index (χ4n) is 3.27. The maximum absolute atomic E-state index is 12.8. The molecule has 2 bridgehead atoms. The number of hydrogen-bond donors (Lipinski definition) is 1. The fraction of sp³-hybridized carbons (Fsp3) is 0.533. The summed E-state index contributed by atoms with van der Waals surface area (Å²) in [5, 5.41) is 14.7. The smallest absolute Gasteiger partial charge is 0.282 e. The van der Waals surface area contributed by atoms with Crippen molar-refractivity contribution in [3.05, 3.63) is 33.9 Å². The van der Waals surface area contributed by atoms with E-state index in [0.29, 0.717) is 25.2 Å². The monoisotopic (exact) mass is 321 g/mol. The van der Waals surface area contributed by atoms with E-state index < -0.39 is 4.92 Å². The third-order valence-electron chi connectivity index (χ3n) is 4.44. The Kier molecular flexibility index (Phi) is 4.35. The Hall–Kier alpha value is -1.60. The van der Waals surface area contributed by atoms with Crippen LogP contribution in [0.3, 0.4) is 0 Å². The number of nitrogens with one attached hydrogen (secondary N) is 1. The maximum atomic E-state index is 12.8. The van der Waals surface area contributed by atoms with Crippen LogP contribution in [0.15, 0.2) is 23.1 Å². The van der Waals surface area contributed by atoms with E-state index in [-0.39, 0.29) is 17.2 Å². The van der Waals surface area contributed by atoms with Crippen LogP contribution in [0.1, 0.15) is 29.6 Å². The van der Waals surface area contributed by atoms with Gasteiger partial charge in [-0.2, -0.15) is 0 Å². The van der Waals surface area contributed by atoms with Crippen LogP contribution in [0.2, 0.25) is 0 Å². The standard InChI is InChI=1S/C15H19N3O3S/c1-22-12-4-5-14(18(20)21)13(8-12)15(19)17-7-6-10-2-3-11(9-17)16-10/h4-5,8,10-11,16H,2-3,6-7,9H2,1H3. The summed E-state index contributed by atoms with van der Waals surface area (Å²) >= 11 is 1.48. The Bertz CT molecular complexity index is 608. The molecule has 1 aromatic carbocycles. The number of benzene rings is 1. The van der Waals surface area contributed by atoms with E-state index in [2.05, 4.69) is 5.32 Å². The zero-order valence-corrected chi connectivity index (χ0v) is 13.3. The highest BCUT2D eigenvalue weighted by Gasteiger charge is 2.33. The molecule has 1 N–H and O–H groups in total. The molecule has 2 saturated heterocycles. The molecule has 2 aliphatic heterocycles. The van der Waals surface area contributed by atoms with E-state index in [0.717, 1.165) is 24.2 Å². The molecule has 2 unspecified atom stereocenters. The minimum absolute atomic E-state index is 0.106. The Balaban J connectivity index is 1.88. The third-order valence-corrected chi connectivity index (χ3v) is 5.17. The minimum Gasteiger partial charge on any atom is -0.337 e. The molecule has 6 nitrogen and oxygen atoms in total. The van der Waals surface area contributed by atoms with Crippen LogP contribution in [0.5, 0.6) is 0 Å². The predicted octanol–water partition coefficient (Wildman–Crippen LogP) is 2.28. The molecule has 2 aliphatic rings. The largest absolute Gasteiger partial charge is 0.337 e. The van der Waals surface area contributed by atoms with Crippen molar-refractivity contribution < 1.29 is 9.72 Å². The number of carbonyl (C=O) groups is 1. The second kappa shape index (κ2) is 6.26. The molecule has 2 heterocycles. The summed E-state index contributed by atoms with van der Waals surface area (Å²) < 4.78 is 0. The predicted molar refractivity (Wildman–Crippen MR) is 85.3 cm³/mol. The van der Waals surface area contributed by atoms with Crippen LogP contribution in [0, 0.1) is 10.1 Å². The quantitative estimate of drug-likeness (QED) is 0.525. The van der Waals surface area contributed by atoms with Crippen molar-refractivity contribution in [1.29, 1.82) is 0 Å². The number of rotatable bonds is 3. The lowest BCUT2D eigenvalue weighted by molar-refractivity contribution is -0.385. The van der Waals surface area contributed by atoms with Gasteiger partial charge in [-0.05, 0) is 37.7 Å². The Morgan fingerprint density at radius 1 is 1.36 bits per heavy atom. The minimum atomic E-state index is -0.473. The third kappa shape index (κ3) is 2.96. The molecule has 2 fully saturated rings. The lowest BCUT2D eigenvalue weighted by Gasteiger charge is -2.24.